The van der Waals surface area contributed by atoms with Crippen molar-refractivity contribution in [3.63, 3.8) is 0 Å². The first-order valence-corrected chi connectivity index (χ1v) is 19.7. The maximum Gasteiger partial charge on any atom is 0.187 e. The van der Waals surface area contributed by atoms with Crippen molar-refractivity contribution in [2.24, 2.45) is 0 Å². The minimum absolute atomic E-state index is 0.741. The average Bonchev–Trinajstić information content (AvgIpc) is 4.01. The van der Waals surface area contributed by atoms with Gasteiger partial charge in [-0.25, -0.2) is 0 Å². The fourth-order valence-corrected chi connectivity index (χ4v) is 9.74. The fourth-order valence-electron chi connectivity index (χ4n) is 9.74. The first kappa shape index (κ1) is 31.3. The highest BCUT2D eigenvalue weighted by atomic mass is 15.3. The van der Waals surface area contributed by atoms with Gasteiger partial charge < -0.3 is 9.13 Å². The van der Waals surface area contributed by atoms with Crippen LogP contribution in [-0.4, -0.2) is 28.5 Å². The van der Waals surface area contributed by atoms with Crippen molar-refractivity contribution in [1.82, 2.24) is 28.5 Å². The molecule has 270 valence electrons. The molecule has 0 fully saturated rings. The number of hydrogen-bond donors (Lipinski definition) is 0. The second-order valence-electron chi connectivity index (χ2n) is 15.0. The zero-order valence-electron chi connectivity index (χ0n) is 31.2. The molecule has 0 unspecified atom stereocenters. The number of aromatic nitrogens is 6. The van der Waals surface area contributed by atoms with Gasteiger partial charge in [0.2, 0.25) is 0 Å². The van der Waals surface area contributed by atoms with Gasteiger partial charge in [0, 0.05) is 43.1 Å². The molecule has 0 amide bonds. The van der Waals surface area contributed by atoms with Crippen LogP contribution in [0.5, 0.6) is 0 Å². The maximum absolute atomic E-state index is 5.45. The molecule has 0 aliphatic carbocycles. The fraction of sp³-hybridized carbons (Fsp3) is 0. The van der Waals surface area contributed by atoms with Crippen LogP contribution >= 0.6 is 0 Å². The Morgan fingerprint density at radius 1 is 0.207 bits per heavy atom. The van der Waals surface area contributed by atoms with Crippen molar-refractivity contribution in [2.75, 3.05) is 0 Å². The van der Waals surface area contributed by atoms with E-state index in [0.717, 1.165) is 88.7 Å². The summed E-state index contributed by atoms with van der Waals surface area (Å²) in [6.07, 6.45) is 0. The number of para-hydroxylation sites is 8. The van der Waals surface area contributed by atoms with E-state index in [2.05, 4.69) is 212 Å². The van der Waals surface area contributed by atoms with E-state index >= 15 is 0 Å². The Balaban J connectivity index is 1.35. The highest BCUT2D eigenvalue weighted by molar-refractivity contribution is 6.15. The molecule has 0 N–H and O–H groups in total. The maximum atomic E-state index is 5.45. The van der Waals surface area contributed by atoms with Crippen molar-refractivity contribution in [1.29, 1.82) is 0 Å². The van der Waals surface area contributed by atoms with E-state index in [1.54, 1.807) is 0 Å². The van der Waals surface area contributed by atoms with Crippen molar-refractivity contribution < 1.29 is 0 Å². The lowest BCUT2D eigenvalue weighted by Gasteiger charge is -2.23. The topological polar surface area (TPSA) is 45.5 Å². The Kier molecular flexibility index (Phi) is 6.35. The van der Waals surface area contributed by atoms with Crippen LogP contribution in [0, 0.1) is 0 Å². The molecule has 5 heterocycles. The average molecular weight is 741 g/mol. The normalized spacial score (nSPS) is 12.1. The quantitative estimate of drug-likeness (QED) is 0.180. The van der Waals surface area contributed by atoms with Crippen molar-refractivity contribution in [2.45, 2.75) is 0 Å². The van der Waals surface area contributed by atoms with E-state index in [1.165, 1.54) is 21.5 Å². The molecule has 0 aliphatic heterocycles. The third-order valence-electron chi connectivity index (χ3n) is 12.1. The lowest BCUT2D eigenvalue weighted by atomic mass is 10.2. The molecule has 0 radical (unpaired) electrons. The largest absolute Gasteiger partial charge is 0.304 e. The molecule has 8 aromatic carbocycles. The molecule has 0 bridgehead atoms. The first-order chi connectivity index (χ1) is 28.8. The molecule has 13 rings (SSSR count). The second kappa shape index (κ2) is 11.8. The summed E-state index contributed by atoms with van der Waals surface area (Å²) in [7, 11) is 0. The van der Waals surface area contributed by atoms with Gasteiger partial charge in [-0.2, -0.15) is 0 Å². The van der Waals surface area contributed by atoms with Crippen LogP contribution in [0.1, 0.15) is 0 Å². The summed E-state index contributed by atoms with van der Waals surface area (Å²) in [4.78, 5) is 0. The summed E-state index contributed by atoms with van der Waals surface area (Å²) in [6.45, 7) is 0. The smallest absolute Gasteiger partial charge is 0.187 e. The van der Waals surface area contributed by atoms with Gasteiger partial charge in [0.15, 0.2) is 11.6 Å². The Morgan fingerprint density at radius 3 is 0.586 bits per heavy atom. The molecular formula is C52H32N6. The summed E-state index contributed by atoms with van der Waals surface area (Å²) in [5, 5.41) is 20.3. The lowest BCUT2D eigenvalue weighted by molar-refractivity contribution is 0.871. The third-order valence-corrected chi connectivity index (χ3v) is 12.1. The number of rotatable bonds is 4. The Morgan fingerprint density at radius 2 is 0.379 bits per heavy atom. The minimum Gasteiger partial charge on any atom is -0.304 e. The molecule has 0 saturated carbocycles. The van der Waals surface area contributed by atoms with Gasteiger partial charge >= 0.3 is 0 Å². The zero-order chi connectivity index (χ0) is 37.9. The molecule has 0 aliphatic rings. The third kappa shape index (κ3) is 4.10. The number of hydrogen-bond acceptors (Lipinski definition) is 2. The molecule has 0 atom stereocenters. The predicted molar refractivity (Wildman–Crippen MR) is 239 cm³/mol. The van der Waals surface area contributed by atoms with Crippen LogP contribution in [0.4, 0.5) is 0 Å². The number of fused-ring (bicyclic) bond motifs is 12. The van der Waals surface area contributed by atoms with E-state index < -0.39 is 0 Å². The van der Waals surface area contributed by atoms with Crippen molar-refractivity contribution in [3.05, 3.63) is 194 Å². The van der Waals surface area contributed by atoms with E-state index in [1.807, 2.05) is 0 Å². The molecule has 0 spiro atoms. The van der Waals surface area contributed by atoms with Crippen LogP contribution in [0.2, 0.25) is 0 Å². The molecule has 6 heteroatoms. The van der Waals surface area contributed by atoms with Crippen molar-refractivity contribution in [3.8, 4) is 23.0 Å². The van der Waals surface area contributed by atoms with Gasteiger partial charge in [-0.3, -0.25) is 9.13 Å². The van der Waals surface area contributed by atoms with Gasteiger partial charge in [0.25, 0.3) is 0 Å². The van der Waals surface area contributed by atoms with Gasteiger partial charge in [-0.05, 0) is 48.5 Å². The van der Waals surface area contributed by atoms with E-state index in [4.69, 9.17) is 10.2 Å². The summed E-state index contributed by atoms with van der Waals surface area (Å²) < 4.78 is 9.52. The molecule has 0 saturated heterocycles. The molecule has 5 aromatic heterocycles. The molecule has 13 aromatic rings. The summed E-state index contributed by atoms with van der Waals surface area (Å²) in [5.41, 5.74) is 10.5. The van der Waals surface area contributed by atoms with Gasteiger partial charge in [-0.1, -0.05) is 146 Å². The Hall–Kier alpha value is -7.96. The van der Waals surface area contributed by atoms with Crippen molar-refractivity contribution >= 4 is 87.2 Å². The highest BCUT2D eigenvalue weighted by Crippen LogP contribution is 2.45. The van der Waals surface area contributed by atoms with Crippen LogP contribution < -0.4 is 0 Å². The minimum atomic E-state index is 0.741. The summed E-state index contributed by atoms with van der Waals surface area (Å²) >= 11 is 0. The van der Waals surface area contributed by atoms with E-state index in [0.29, 0.717) is 0 Å². The van der Waals surface area contributed by atoms with Crippen LogP contribution in [0.25, 0.3) is 110 Å². The van der Waals surface area contributed by atoms with Gasteiger partial charge in [-0.15, -0.1) is 10.2 Å². The lowest BCUT2D eigenvalue weighted by Crippen LogP contribution is -2.16. The molecule has 6 nitrogen and oxygen atoms in total. The van der Waals surface area contributed by atoms with E-state index in [-0.39, 0.29) is 0 Å². The Bertz CT molecular complexity index is 3350. The van der Waals surface area contributed by atoms with Crippen LogP contribution in [0.15, 0.2) is 194 Å². The monoisotopic (exact) mass is 740 g/mol. The van der Waals surface area contributed by atoms with Gasteiger partial charge in [0.1, 0.15) is 11.4 Å². The van der Waals surface area contributed by atoms with E-state index in [9.17, 15) is 0 Å². The molecule has 58 heavy (non-hydrogen) atoms. The van der Waals surface area contributed by atoms with Gasteiger partial charge in [0.05, 0.1) is 44.1 Å². The number of benzene rings is 8. The SMILES string of the molecule is c1ccc2c(c1)c1ccccc1n2-c1nnc(-n2c3ccccc3c3ccccc32)c(-n2c3ccccc3c3ccccc32)c1-n1c2ccccc2c2ccccc21. The highest BCUT2D eigenvalue weighted by Gasteiger charge is 2.30. The zero-order valence-corrected chi connectivity index (χ0v) is 31.2. The summed E-state index contributed by atoms with van der Waals surface area (Å²) in [6, 6.07) is 69.6. The predicted octanol–water partition coefficient (Wildman–Crippen LogP) is 12.9. The van der Waals surface area contributed by atoms with Crippen LogP contribution in [0.3, 0.4) is 0 Å². The van der Waals surface area contributed by atoms with Crippen LogP contribution in [-0.2, 0) is 0 Å². The number of nitrogens with zero attached hydrogens (tertiary/aromatic N) is 6. The summed E-state index contributed by atoms with van der Waals surface area (Å²) in [5.74, 6) is 1.48. The second-order valence-corrected chi connectivity index (χ2v) is 15.0. The standard InChI is InChI=1S/C52H32N6/c1-9-25-41-33(17-1)34-18-2-10-26-42(34)55(41)49-50(56-43-27-11-3-19-35(43)36-20-4-12-28-44(36)56)52(58-47-31-15-7-23-39(47)40-24-8-16-32-48(40)58)54-53-51(49)57-45-29-13-5-21-37(45)38-22-6-14-30-46(38)57/h1-32H. The first-order valence-electron chi connectivity index (χ1n) is 19.7. The molecular weight excluding hydrogens is 709 g/mol. The Labute approximate surface area is 331 Å².